The molecule has 2 amide bonds. The molecule has 0 atom stereocenters. The largest absolute Gasteiger partial charge is 0.497 e. The molecule has 2 aromatic carbocycles. The van der Waals surface area contributed by atoms with Gasteiger partial charge in [0.25, 0.3) is 11.8 Å². The Kier molecular flexibility index (Phi) is 6.59. The van der Waals surface area contributed by atoms with Crippen LogP contribution in [-0.4, -0.2) is 37.9 Å². The summed E-state index contributed by atoms with van der Waals surface area (Å²) in [6, 6.07) is 17.3. The van der Waals surface area contributed by atoms with Crippen molar-refractivity contribution in [3.63, 3.8) is 0 Å². The number of carbonyl (C=O) groups excluding carboxylic acids is 2. The molecule has 0 unspecified atom stereocenters. The molecule has 154 valence electrons. The lowest BCUT2D eigenvalue weighted by Gasteiger charge is -2.14. The van der Waals surface area contributed by atoms with E-state index in [-0.39, 0.29) is 11.6 Å². The molecule has 1 N–H and O–H groups in total. The number of likely N-dealkylation sites (N-methyl/N-ethyl adjacent to an activating group) is 1. The van der Waals surface area contributed by atoms with Gasteiger partial charge in [-0.15, -0.1) is 0 Å². The van der Waals surface area contributed by atoms with Gasteiger partial charge < -0.3 is 19.4 Å². The van der Waals surface area contributed by atoms with Crippen LogP contribution in [0.5, 0.6) is 5.75 Å². The fourth-order valence-electron chi connectivity index (χ4n) is 2.67. The topological polar surface area (TPSA) is 71.8 Å². The van der Waals surface area contributed by atoms with Crippen molar-refractivity contribution >= 4 is 29.5 Å². The molecule has 1 heterocycles. The van der Waals surface area contributed by atoms with Gasteiger partial charge in [0.1, 0.15) is 23.0 Å². The molecule has 3 rings (SSSR count). The Labute approximate surface area is 179 Å². The van der Waals surface area contributed by atoms with Crippen LogP contribution in [0.3, 0.4) is 0 Å². The number of methoxy groups -OCH3 is 1. The number of hydrogen-bond donors (Lipinski definition) is 1. The zero-order valence-corrected chi connectivity index (χ0v) is 17.6. The van der Waals surface area contributed by atoms with Gasteiger partial charge in [-0.1, -0.05) is 11.6 Å². The van der Waals surface area contributed by atoms with E-state index in [4.69, 9.17) is 20.8 Å². The lowest BCUT2D eigenvalue weighted by atomic mass is 10.2. The maximum absolute atomic E-state index is 12.6. The summed E-state index contributed by atoms with van der Waals surface area (Å²) in [6.45, 7) is 0. The van der Waals surface area contributed by atoms with E-state index < -0.39 is 5.91 Å². The van der Waals surface area contributed by atoms with Crippen LogP contribution < -0.4 is 10.1 Å². The Morgan fingerprint density at radius 3 is 2.27 bits per heavy atom. The molecule has 0 saturated carbocycles. The summed E-state index contributed by atoms with van der Waals surface area (Å²) in [7, 11) is 4.77. The first kappa shape index (κ1) is 21.2. The molecular weight excluding hydrogens is 404 g/mol. The van der Waals surface area contributed by atoms with Gasteiger partial charge in [-0.05, 0) is 60.7 Å². The quantitative estimate of drug-likeness (QED) is 0.593. The third-order valence-electron chi connectivity index (χ3n) is 4.28. The number of hydrogen-bond acceptors (Lipinski definition) is 4. The van der Waals surface area contributed by atoms with Crippen LogP contribution in [0.4, 0.5) is 0 Å². The first-order valence-corrected chi connectivity index (χ1v) is 9.49. The van der Waals surface area contributed by atoms with E-state index in [1.54, 1.807) is 69.7 Å². The second-order valence-electron chi connectivity index (χ2n) is 6.65. The first-order valence-electron chi connectivity index (χ1n) is 9.12. The van der Waals surface area contributed by atoms with Gasteiger partial charge in [0.15, 0.2) is 0 Å². The summed E-state index contributed by atoms with van der Waals surface area (Å²) in [4.78, 5) is 26.6. The summed E-state index contributed by atoms with van der Waals surface area (Å²) < 4.78 is 10.9. The Morgan fingerprint density at radius 2 is 1.67 bits per heavy atom. The first-order chi connectivity index (χ1) is 14.4. The average Bonchev–Trinajstić information content (AvgIpc) is 3.21. The molecular formula is C23H21ClN2O4. The number of nitrogens with one attached hydrogen (secondary N) is 1. The molecule has 6 nitrogen and oxygen atoms in total. The van der Waals surface area contributed by atoms with Gasteiger partial charge in [0, 0.05) is 36.3 Å². The van der Waals surface area contributed by atoms with Crippen molar-refractivity contribution in [1.29, 1.82) is 0 Å². The van der Waals surface area contributed by atoms with Crippen LogP contribution in [0, 0.1) is 0 Å². The Bertz CT molecular complexity index is 1070. The Morgan fingerprint density at radius 1 is 1.00 bits per heavy atom. The minimum Gasteiger partial charge on any atom is -0.497 e. The normalized spacial score (nSPS) is 11.1. The zero-order valence-electron chi connectivity index (χ0n) is 16.8. The Balaban J connectivity index is 1.86. The summed E-state index contributed by atoms with van der Waals surface area (Å²) in [6.07, 6.45) is 1.50. The van der Waals surface area contributed by atoms with Gasteiger partial charge in [-0.25, -0.2) is 0 Å². The van der Waals surface area contributed by atoms with Crippen LogP contribution in [-0.2, 0) is 4.79 Å². The summed E-state index contributed by atoms with van der Waals surface area (Å²) >= 11 is 5.92. The van der Waals surface area contributed by atoms with Crippen molar-refractivity contribution < 1.29 is 18.7 Å². The van der Waals surface area contributed by atoms with E-state index in [0.29, 0.717) is 27.9 Å². The smallest absolute Gasteiger partial charge is 0.269 e. The monoisotopic (exact) mass is 424 g/mol. The number of amides is 2. The van der Waals surface area contributed by atoms with E-state index in [9.17, 15) is 9.59 Å². The average molecular weight is 425 g/mol. The second-order valence-corrected chi connectivity index (χ2v) is 7.09. The lowest BCUT2D eigenvalue weighted by molar-refractivity contribution is -0.124. The number of nitrogens with zero attached hydrogens (tertiary/aromatic N) is 1. The molecule has 0 fully saturated rings. The van der Waals surface area contributed by atoms with Crippen LogP contribution in [0.2, 0.25) is 5.02 Å². The van der Waals surface area contributed by atoms with Gasteiger partial charge in [-0.3, -0.25) is 9.59 Å². The maximum atomic E-state index is 12.6. The predicted molar refractivity (Wildman–Crippen MR) is 116 cm³/mol. The summed E-state index contributed by atoms with van der Waals surface area (Å²) in [5, 5.41) is 3.30. The molecule has 30 heavy (non-hydrogen) atoms. The molecule has 7 heteroatoms. The molecule has 0 aliphatic carbocycles. The summed E-state index contributed by atoms with van der Waals surface area (Å²) in [5.74, 6) is 0.915. The van der Waals surface area contributed by atoms with Gasteiger partial charge in [0.05, 0.1) is 7.11 Å². The standard InChI is InChI=1S/C23H21ClN2O4/c1-26(2)23(28)20(25-22(27)16-6-10-18(29-3)11-7-16)14-19-12-13-21(30-19)15-4-8-17(24)9-5-15/h4-14H,1-3H3,(H,25,27)/b20-14-. The van der Waals surface area contributed by atoms with Crippen molar-refractivity contribution in [2.45, 2.75) is 0 Å². The summed E-state index contributed by atoms with van der Waals surface area (Å²) in [5.41, 5.74) is 1.34. The van der Waals surface area contributed by atoms with Crippen molar-refractivity contribution in [2.24, 2.45) is 0 Å². The number of rotatable bonds is 6. The molecule has 0 saturated heterocycles. The van der Waals surface area contributed by atoms with Crippen molar-refractivity contribution in [2.75, 3.05) is 21.2 Å². The molecule has 0 bridgehead atoms. The van der Waals surface area contributed by atoms with Crippen molar-refractivity contribution in [3.8, 4) is 17.1 Å². The van der Waals surface area contributed by atoms with E-state index in [0.717, 1.165) is 5.56 Å². The molecule has 0 radical (unpaired) electrons. The number of carbonyl (C=O) groups is 2. The highest BCUT2D eigenvalue weighted by atomic mass is 35.5. The fraction of sp³-hybridized carbons (Fsp3) is 0.130. The van der Waals surface area contributed by atoms with Gasteiger partial charge >= 0.3 is 0 Å². The molecule has 3 aromatic rings. The highest BCUT2D eigenvalue weighted by Gasteiger charge is 2.17. The van der Waals surface area contributed by atoms with Crippen LogP contribution in [0.25, 0.3) is 17.4 Å². The number of furan rings is 1. The minimum atomic E-state index is -0.413. The number of benzene rings is 2. The molecule has 0 spiro atoms. The van der Waals surface area contributed by atoms with E-state index in [1.165, 1.54) is 11.0 Å². The van der Waals surface area contributed by atoms with Crippen LogP contribution in [0.1, 0.15) is 16.1 Å². The fourth-order valence-corrected chi connectivity index (χ4v) is 2.80. The van der Waals surface area contributed by atoms with Crippen molar-refractivity contribution in [1.82, 2.24) is 10.2 Å². The second kappa shape index (κ2) is 9.33. The Hall–Kier alpha value is -3.51. The zero-order chi connectivity index (χ0) is 21.7. The predicted octanol–water partition coefficient (Wildman–Crippen LogP) is 4.47. The molecule has 0 aliphatic rings. The van der Waals surface area contributed by atoms with E-state index >= 15 is 0 Å². The molecule has 0 aliphatic heterocycles. The highest BCUT2D eigenvalue weighted by molar-refractivity contribution is 6.30. The third kappa shape index (κ3) is 5.10. The van der Waals surface area contributed by atoms with Crippen LogP contribution in [0.15, 0.2) is 70.8 Å². The number of ether oxygens (including phenoxy) is 1. The molecule has 1 aromatic heterocycles. The lowest BCUT2D eigenvalue weighted by Crippen LogP contribution is -2.34. The van der Waals surface area contributed by atoms with Crippen molar-refractivity contribution in [3.05, 3.63) is 82.7 Å². The van der Waals surface area contributed by atoms with Crippen LogP contribution >= 0.6 is 11.6 Å². The van der Waals surface area contributed by atoms with E-state index in [1.807, 2.05) is 12.1 Å². The minimum absolute atomic E-state index is 0.0952. The SMILES string of the molecule is COc1ccc(C(=O)N/C(=C\c2ccc(-c3ccc(Cl)cc3)o2)C(=O)N(C)C)cc1. The maximum Gasteiger partial charge on any atom is 0.269 e. The van der Waals surface area contributed by atoms with E-state index in [2.05, 4.69) is 5.32 Å². The third-order valence-corrected chi connectivity index (χ3v) is 4.53. The number of halogens is 1. The highest BCUT2D eigenvalue weighted by Crippen LogP contribution is 2.25. The van der Waals surface area contributed by atoms with Gasteiger partial charge in [-0.2, -0.15) is 0 Å². The van der Waals surface area contributed by atoms with Gasteiger partial charge in [0.2, 0.25) is 0 Å².